The van der Waals surface area contributed by atoms with E-state index < -0.39 is 17.4 Å². The average molecular weight is 509 g/mol. The Morgan fingerprint density at radius 3 is 2.81 bits per heavy atom. The van der Waals surface area contributed by atoms with Gasteiger partial charge in [-0.15, -0.1) is 11.3 Å². The number of nitrogens with one attached hydrogen (secondary N) is 1. The number of hydrogen-bond acceptors (Lipinski definition) is 7. The maximum atomic E-state index is 13.5. The van der Waals surface area contributed by atoms with Gasteiger partial charge < -0.3 is 20.9 Å². The normalized spacial score (nSPS) is 20.2. The van der Waals surface area contributed by atoms with Crippen molar-refractivity contribution >= 4 is 44.9 Å². The molecule has 3 heterocycles. The van der Waals surface area contributed by atoms with Crippen molar-refractivity contribution in [2.75, 3.05) is 38.2 Å². The quantitative estimate of drug-likeness (QED) is 0.487. The zero-order chi connectivity index (χ0) is 26.0. The first-order valence-electron chi connectivity index (χ1n) is 12.5. The maximum absolute atomic E-state index is 13.5. The van der Waals surface area contributed by atoms with Gasteiger partial charge in [0.2, 0.25) is 0 Å². The number of nitrogens with zero attached hydrogens (tertiary/aromatic N) is 4. The van der Waals surface area contributed by atoms with Crippen molar-refractivity contribution < 1.29 is 9.59 Å². The second-order valence-electron chi connectivity index (χ2n) is 10.3. The van der Waals surface area contributed by atoms with Gasteiger partial charge in [0.25, 0.3) is 0 Å². The van der Waals surface area contributed by atoms with Crippen molar-refractivity contribution in [3.8, 4) is 0 Å². The van der Waals surface area contributed by atoms with Crippen LogP contribution in [0.1, 0.15) is 49.7 Å². The predicted octanol–water partition coefficient (Wildman–Crippen LogP) is 4.05. The van der Waals surface area contributed by atoms with Crippen LogP contribution >= 0.6 is 11.3 Å². The highest BCUT2D eigenvalue weighted by Crippen LogP contribution is 2.40. The molecule has 2 aromatic heterocycles. The summed E-state index contributed by atoms with van der Waals surface area (Å²) in [5, 5.41) is 3.84. The Bertz CT molecular complexity index is 1270. The number of nitrogens with two attached hydrogens (primary N) is 1. The summed E-state index contributed by atoms with van der Waals surface area (Å²) in [5.41, 5.74) is 8.55. The highest BCUT2D eigenvalue weighted by molar-refractivity contribution is 7.18. The summed E-state index contributed by atoms with van der Waals surface area (Å²) in [6.07, 6.45) is 4.84. The molecule has 36 heavy (non-hydrogen) atoms. The molecule has 1 fully saturated rings. The molecule has 8 nitrogen and oxygen atoms in total. The largest absolute Gasteiger partial charge is 0.383 e. The summed E-state index contributed by atoms with van der Waals surface area (Å²) < 4.78 is 1.14. The summed E-state index contributed by atoms with van der Waals surface area (Å²) in [7, 11) is 4.12. The van der Waals surface area contributed by atoms with Crippen LogP contribution in [0.2, 0.25) is 0 Å². The van der Waals surface area contributed by atoms with E-state index in [2.05, 4.69) is 61.3 Å². The first-order chi connectivity index (χ1) is 17.1. The van der Waals surface area contributed by atoms with Crippen molar-refractivity contribution in [1.82, 2.24) is 19.8 Å². The van der Waals surface area contributed by atoms with Gasteiger partial charge >= 0.3 is 11.8 Å². The minimum absolute atomic E-state index is 0.306. The SMILES string of the molecule is CCc1cc(NC(=O)C(=O)N2C[C@@H](C)CC[C@@]2(C)c2ccc3sc(CCN(C)C)nc3c2)cnc1N. The second-order valence-corrected chi connectivity index (χ2v) is 11.4. The van der Waals surface area contributed by atoms with Crippen LogP contribution in [0, 0.1) is 5.92 Å². The van der Waals surface area contributed by atoms with Crippen LogP contribution in [0.15, 0.2) is 30.5 Å². The third-order valence-electron chi connectivity index (χ3n) is 7.12. The molecule has 0 aliphatic carbocycles. The standard InChI is InChI=1S/C27H36N6O2S/c1-6-18-13-20(15-29-24(18)28)30-25(34)26(35)33-16-17(2)9-11-27(33,3)19-7-8-22-21(14-19)31-23(36-22)10-12-32(4)5/h7-8,13-15,17H,6,9-12,16H2,1-5H3,(H2,28,29)(H,30,34)/t17-,27-/m0/s1. The van der Waals surface area contributed by atoms with Crippen LogP contribution in [0.5, 0.6) is 0 Å². The van der Waals surface area contributed by atoms with Crippen LogP contribution in [-0.4, -0.2) is 58.8 Å². The van der Waals surface area contributed by atoms with Gasteiger partial charge in [-0.05, 0) is 75.5 Å². The first-order valence-corrected chi connectivity index (χ1v) is 13.3. The average Bonchev–Trinajstić information content (AvgIpc) is 3.27. The Morgan fingerprint density at radius 1 is 1.31 bits per heavy atom. The van der Waals surface area contributed by atoms with Crippen molar-refractivity contribution in [3.05, 3.63) is 46.6 Å². The Hall–Kier alpha value is -3.04. The van der Waals surface area contributed by atoms with E-state index >= 15 is 0 Å². The molecule has 0 unspecified atom stereocenters. The monoisotopic (exact) mass is 508 g/mol. The number of hydrogen-bond donors (Lipinski definition) is 2. The van der Waals surface area contributed by atoms with Gasteiger partial charge in [-0.1, -0.05) is 19.9 Å². The molecule has 0 saturated carbocycles. The van der Waals surface area contributed by atoms with E-state index in [1.807, 2.05) is 6.92 Å². The van der Waals surface area contributed by atoms with E-state index in [1.165, 1.54) is 6.20 Å². The number of benzene rings is 1. The fourth-order valence-corrected chi connectivity index (χ4v) is 5.73. The molecule has 0 bridgehead atoms. The summed E-state index contributed by atoms with van der Waals surface area (Å²) in [5.74, 6) is -0.462. The van der Waals surface area contributed by atoms with Crippen LogP contribution in [-0.2, 0) is 28.0 Å². The summed E-state index contributed by atoms with van der Waals surface area (Å²) in [6.45, 7) is 7.62. The summed E-state index contributed by atoms with van der Waals surface area (Å²) in [4.78, 5) is 39.5. The van der Waals surface area contributed by atoms with Gasteiger partial charge in [0, 0.05) is 19.5 Å². The Labute approximate surface area is 216 Å². The molecule has 2 amide bonds. The number of pyridine rings is 1. The summed E-state index contributed by atoms with van der Waals surface area (Å²) >= 11 is 1.71. The first kappa shape index (κ1) is 26.0. The number of amides is 2. The van der Waals surface area contributed by atoms with E-state index in [1.54, 1.807) is 22.3 Å². The molecule has 1 aliphatic heterocycles. The van der Waals surface area contributed by atoms with Crippen molar-refractivity contribution in [3.63, 3.8) is 0 Å². The molecule has 4 rings (SSSR count). The smallest absolute Gasteiger partial charge is 0.313 e. The lowest BCUT2D eigenvalue weighted by molar-refractivity contribution is -0.150. The van der Waals surface area contributed by atoms with Crippen LogP contribution in [0.3, 0.4) is 0 Å². The van der Waals surface area contributed by atoms with Gasteiger partial charge in [-0.25, -0.2) is 9.97 Å². The Balaban J connectivity index is 1.60. The molecule has 0 spiro atoms. The lowest BCUT2D eigenvalue weighted by Crippen LogP contribution is -2.55. The number of anilines is 2. The number of thiazole rings is 1. The van der Waals surface area contributed by atoms with Crippen LogP contribution in [0.25, 0.3) is 10.2 Å². The zero-order valence-corrected chi connectivity index (χ0v) is 22.6. The zero-order valence-electron chi connectivity index (χ0n) is 21.8. The number of carbonyl (C=O) groups is 2. The van der Waals surface area contributed by atoms with Crippen molar-refractivity contribution in [2.45, 2.75) is 52.0 Å². The molecule has 0 radical (unpaired) electrons. The van der Waals surface area contributed by atoms with Crippen molar-refractivity contribution in [1.29, 1.82) is 0 Å². The lowest BCUT2D eigenvalue weighted by Gasteiger charge is -2.47. The molecular weight excluding hydrogens is 472 g/mol. The number of carbonyl (C=O) groups excluding carboxylic acids is 2. The second kappa shape index (κ2) is 10.5. The molecular formula is C27H36N6O2S. The summed E-state index contributed by atoms with van der Waals surface area (Å²) in [6, 6.07) is 8.05. The molecule has 1 aliphatic rings. The Kier molecular flexibility index (Phi) is 7.61. The van der Waals surface area contributed by atoms with E-state index in [9.17, 15) is 9.59 Å². The number of rotatable bonds is 6. The number of aryl methyl sites for hydroxylation is 1. The number of piperidine rings is 1. The topological polar surface area (TPSA) is 104 Å². The molecule has 2 atom stereocenters. The van der Waals surface area contributed by atoms with Crippen molar-refractivity contribution in [2.24, 2.45) is 5.92 Å². The molecule has 192 valence electrons. The third kappa shape index (κ3) is 5.37. The van der Waals surface area contributed by atoms with Gasteiger partial charge in [0.15, 0.2) is 0 Å². The molecule has 3 aromatic rings. The van der Waals surface area contributed by atoms with Gasteiger partial charge in [0.1, 0.15) is 5.82 Å². The minimum Gasteiger partial charge on any atom is -0.383 e. The molecule has 3 N–H and O–H groups in total. The van der Waals surface area contributed by atoms with E-state index in [0.29, 0.717) is 30.4 Å². The molecule has 1 saturated heterocycles. The predicted molar refractivity (Wildman–Crippen MR) is 146 cm³/mol. The number of likely N-dealkylation sites (N-methyl/N-ethyl adjacent to an activating group) is 1. The molecule has 1 aromatic carbocycles. The number of aromatic nitrogens is 2. The Morgan fingerprint density at radius 2 is 2.08 bits per heavy atom. The van der Waals surface area contributed by atoms with Crippen LogP contribution in [0.4, 0.5) is 11.5 Å². The van der Waals surface area contributed by atoms with E-state index in [0.717, 1.165) is 52.2 Å². The van der Waals surface area contributed by atoms with Gasteiger partial charge in [-0.2, -0.15) is 0 Å². The van der Waals surface area contributed by atoms with Gasteiger partial charge in [0.05, 0.1) is 32.6 Å². The minimum atomic E-state index is -0.662. The van der Waals surface area contributed by atoms with E-state index in [-0.39, 0.29) is 0 Å². The number of fused-ring (bicyclic) bond motifs is 1. The fourth-order valence-electron chi connectivity index (χ4n) is 4.79. The van der Waals surface area contributed by atoms with Crippen LogP contribution < -0.4 is 11.1 Å². The fraction of sp³-hybridized carbons (Fsp3) is 0.481. The number of nitrogen functional groups attached to an aromatic ring is 1. The van der Waals surface area contributed by atoms with E-state index in [4.69, 9.17) is 10.7 Å². The number of likely N-dealkylation sites (tertiary alicyclic amines) is 1. The molecule has 9 heteroatoms. The highest BCUT2D eigenvalue weighted by atomic mass is 32.1. The van der Waals surface area contributed by atoms with Gasteiger partial charge in [-0.3, -0.25) is 9.59 Å². The third-order valence-corrected chi connectivity index (χ3v) is 8.22. The maximum Gasteiger partial charge on any atom is 0.313 e. The lowest BCUT2D eigenvalue weighted by atomic mass is 9.79. The highest BCUT2D eigenvalue weighted by Gasteiger charge is 2.43.